The normalized spacial score (nSPS) is 10.3. The zero-order valence-electron chi connectivity index (χ0n) is 9.31. The van der Waals surface area contributed by atoms with Gasteiger partial charge in [0.2, 0.25) is 5.95 Å². The van der Waals surface area contributed by atoms with Crippen LogP contribution in [0.25, 0.3) is 0 Å². The monoisotopic (exact) mass is 252 g/mol. The topological polar surface area (TPSA) is 59.8 Å². The second kappa shape index (κ2) is 5.35. The smallest absolute Gasteiger partial charge is 0.254 e. The summed E-state index contributed by atoms with van der Waals surface area (Å²) in [5, 5.41) is 2.48. The average Bonchev–Trinajstić information content (AvgIpc) is 2.85. The van der Waals surface area contributed by atoms with E-state index in [-0.39, 0.29) is 5.56 Å². The van der Waals surface area contributed by atoms with Crippen LogP contribution < -0.4 is 5.32 Å². The number of pyridine rings is 1. The Bertz CT molecular complexity index is 542. The van der Waals surface area contributed by atoms with Gasteiger partial charge in [0.15, 0.2) is 5.82 Å². The summed E-state index contributed by atoms with van der Waals surface area (Å²) in [5.74, 6) is -3.19. The lowest BCUT2D eigenvalue weighted by Gasteiger charge is -2.06. The van der Waals surface area contributed by atoms with Crippen LogP contribution in [0.4, 0.5) is 8.78 Å². The zero-order chi connectivity index (χ0) is 13.0. The molecule has 7 heteroatoms. The molecular weight excluding hydrogens is 242 g/mol. The van der Waals surface area contributed by atoms with Crippen LogP contribution >= 0.6 is 0 Å². The molecule has 0 saturated carbocycles. The molecule has 0 aliphatic rings. The molecule has 2 rings (SSSR count). The molecule has 0 spiro atoms. The lowest BCUT2D eigenvalue weighted by molar-refractivity contribution is 0.0947. The Morgan fingerprint density at radius 3 is 2.94 bits per heavy atom. The van der Waals surface area contributed by atoms with Gasteiger partial charge in [-0.1, -0.05) is 0 Å². The lowest BCUT2D eigenvalue weighted by Crippen LogP contribution is -2.28. The first-order valence-corrected chi connectivity index (χ1v) is 5.22. The molecule has 0 radical (unpaired) electrons. The Hall–Kier alpha value is -2.31. The third-order valence-electron chi connectivity index (χ3n) is 2.31. The van der Waals surface area contributed by atoms with E-state index in [1.807, 2.05) is 0 Å². The van der Waals surface area contributed by atoms with Gasteiger partial charge in [-0.2, -0.15) is 4.39 Å². The van der Waals surface area contributed by atoms with E-state index in [0.29, 0.717) is 13.1 Å². The molecule has 5 nitrogen and oxygen atoms in total. The molecule has 1 N–H and O–H groups in total. The Morgan fingerprint density at radius 2 is 2.22 bits per heavy atom. The first-order chi connectivity index (χ1) is 8.68. The maximum atomic E-state index is 13.2. The summed E-state index contributed by atoms with van der Waals surface area (Å²) in [6.07, 6.45) is 5.99. The van der Waals surface area contributed by atoms with Crippen molar-refractivity contribution in [3.63, 3.8) is 0 Å². The van der Waals surface area contributed by atoms with E-state index in [9.17, 15) is 13.6 Å². The molecule has 2 aromatic rings. The molecule has 2 aromatic heterocycles. The molecule has 0 aliphatic carbocycles. The molecule has 0 aromatic carbocycles. The summed E-state index contributed by atoms with van der Waals surface area (Å²) in [5.41, 5.74) is -0.354. The Morgan fingerprint density at radius 1 is 1.39 bits per heavy atom. The van der Waals surface area contributed by atoms with Crippen LogP contribution in [0.2, 0.25) is 0 Å². The van der Waals surface area contributed by atoms with Gasteiger partial charge in [-0.05, 0) is 6.07 Å². The van der Waals surface area contributed by atoms with Gasteiger partial charge in [-0.25, -0.2) is 14.4 Å². The SMILES string of the molecule is O=C(NCCn1ccnc1)c1ccnc(F)c1F. The van der Waals surface area contributed by atoms with Crippen molar-refractivity contribution in [1.82, 2.24) is 19.9 Å². The van der Waals surface area contributed by atoms with Crippen LogP contribution in [0.3, 0.4) is 0 Å². The lowest BCUT2D eigenvalue weighted by atomic mass is 10.2. The van der Waals surface area contributed by atoms with Gasteiger partial charge < -0.3 is 9.88 Å². The number of rotatable bonds is 4. The first-order valence-electron chi connectivity index (χ1n) is 5.22. The van der Waals surface area contributed by atoms with Gasteiger partial charge in [0.25, 0.3) is 5.91 Å². The van der Waals surface area contributed by atoms with E-state index in [1.54, 1.807) is 23.3 Å². The fourth-order valence-corrected chi connectivity index (χ4v) is 1.41. The van der Waals surface area contributed by atoms with Crippen LogP contribution in [0, 0.1) is 11.8 Å². The number of nitrogens with one attached hydrogen (secondary N) is 1. The van der Waals surface area contributed by atoms with E-state index in [4.69, 9.17) is 0 Å². The molecule has 0 aliphatic heterocycles. The minimum atomic E-state index is -1.28. The highest BCUT2D eigenvalue weighted by Gasteiger charge is 2.15. The van der Waals surface area contributed by atoms with Gasteiger partial charge in [-0.3, -0.25) is 4.79 Å². The van der Waals surface area contributed by atoms with Crippen LogP contribution in [0.1, 0.15) is 10.4 Å². The molecule has 0 fully saturated rings. The number of carbonyl (C=O) groups excluding carboxylic acids is 1. The highest BCUT2D eigenvalue weighted by molar-refractivity contribution is 5.94. The number of aromatic nitrogens is 3. The quantitative estimate of drug-likeness (QED) is 0.825. The van der Waals surface area contributed by atoms with Gasteiger partial charge >= 0.3 is 0 Å². The maximum Gasteiger partial charge on any atom is 0.254 e. The predicted octanol–water partition coefficient (Wildman–Crippen LogP) is 0.986. The van der Waals surface area contributed by atoms with Crippen molar-refractivity contribution in [2.45, 2.75) is 6.54 Å². The van der Waals surface area contributed by atoms with Crippen molar-refractivity contribution in [3.05, 3.63) is 48.3 Å². The van der Waals surface area contributed by atoms with Crippen LogP contribution in [0.15, 0.2) is 31.0 Å². The molecule has 0 atom stereocenters. The first kappa shape index (κ1) is 12.2. The largest absolute Gasteiger partial charge is 0.350 e. The molecule has 94 valence electrons. The highest BCUT2D eigenvalue weighted by atomic mass is 19.2. The van der Waals surface area contributed by atoms with Gasteiger partial charge in [0.1, 0.15) is 0 Å². The molecule has 18 heavy (non-hydrogen) atoms. The molecule has 0 unspecified atom stereocenters. The molecule has 0 saturated heterocycles. The average molecular weight is 252 g/mol. The maximum absolute atomic E-state index is 13.2. The van der Waals surface area contributed by atoms with Crippen molar-refractivity contribution in [1.29, 1.82) is 0 Å². The Balaban J connectivity index is 1.93. The third kappa shape index (κ3) is 2.68. The Labute approximate surface area is 101 Å². The number of nitrogens with zero attached hydrogens (tertiary/aromatic N) is 3. The summed E-state index contributed by atoms with van der Waals surface area (Å²) < 4.78 is 27.8. The zero-order valence-corrected chi connectivity index (χ0v) is 9.31. The fraction of sp³-hybridized carbons (Fsp3) is 0.182. The minimum Gasteiger partial charge on any atom is -0.350 e. The number of carbonyl (C=O) groups is 1. The summed E-state index contributed by atoms with van der Waals surface area (Å²) in [6, 6.07) is 1.13. The molecule has 2 heterocycles. The number of amides is 1. The third-order valence-corrected chi connectivity index (χ3v) is 2.31. The summed E-state index contributed by atoms with van der Waals surface area (Å²) in [7, 11) is 0. The molecule has 1 amide bonds. The van der Waals surface area contributed by atoms with E-state index < -0.39 is 17.7 Å². The van der Waals surface area contributed by atoms with Crippen molar-refractivity contribution < 1.29 is 13.6 Å². The van der Waals surface area contributed by atoms with Crippen molar-refractivity contribution in [2.75, 3.05) is 6.54 Å². The predicted molar refractivity (Wildman–Crippen MR) is 58.7 cm³/mol. The van der Waals surface area contributed by atoms with E-state index >= 15 is 0 Å². The van der Waals surface area contributed by atoms with Gasteiger partial charge in [0.05, 0.1) is 11.9 Å². The van der Waals surface area contributed by atoms with Crippen LogP contribution in [-0.2, 0) is 6.54 Å². The summed E-state index contributed by atoms with van der Waals surface area (Å²) >= 11 is 0. The summed E-state index contributed by atoms with van der Waals surface area (Å²) in [4.78, 5) is 18.5. The van der Waals surface area contributed by atoms with Crippen molar-refractivity contribution >= 4 is 5.91 Å². The summed E-state index contributed by atoms with van der Waals surface area (Å²) in [6.45, 7) is 0.791. The number of hydrogen-bond acceptors (Lipinski definition) is 3. The van der Waals surface area contributed by atoms with Crippen LogP contribution in [0.5, 0.6) is 0 Å². The van der Waals surface area contributed by atoms with Crippen molar-refractivity contribution in [3.8, 4) is 0 Å². The van der Waals surface area contributed by atoms with E-state index in [2.05, 4.69) is 15.3 Å². The van der Waals surface area contributed by atoms with E-state index in [0.717, 1.165) is 12.3 Å². The highest BCUT2D eigenvalue weighted by Crippen LogP contribution is 2.08. The van der Waals surface area contributed by atoms with Crippen LogP contribution in [-0.4, -0.2) is 27.0 Å². The fourth-order valence-electron chi connectivity index (χ4n) is 1.41. The number of imidazole rings is 1. The minimum absolute atomic E-state index is 0.290. The molecular formula is C11H10F2N4O. The Kier molecular flexibility index (Phi) is 3.61. The van der Waals surface area contributed by atoms with Crippen molar-refractivity contribution in [2.24, 2.45) is 0 Å². The second-order valence-corrected chi connectivity index (χ2v) is 3.52. The van der Waals surface area contributed by atoms with Gasteiger partial charge in [-0.15, -0.1) is 0 Å². The number of halogens is 2. The van der Waals surface area contributed by atoms with E-state index in [1.165, 1.54) is 0 Å². The second-order valence-electron chi connectivity index (χ2n) is 3.52. The molecule has 0 bridgehead atoms. The number of hydrogen-bond donors (Lipinski definition) is 1. The van der Waals surface area contributed by atoms with Gasteiger partial charge in [0, 0.05) is 31.7 Å². The standard InChI is InChI=1S/C11H10F2N4O/c12-9-8(1-2-15-10(9)13)11(18)16-4-6-17-5-3-14-7-17/h1-3,5,7H,4,6H2,(H,16,18).